The molecule has 0 aliphatic carbocycles. The summed E-state index contributed by atoms with van der Waals surface area (Å²) in [7, 11) is 0. The van der Waals surface area contributed by atoms with Crippen molar-refractivity contribution >= 4 is 5.91 Å². The maximum Gasteiger partial charge on any atom is 0.226 e. The van der Waals surface area contributed by atoms with Gasteiger partial charge in [0.15, 0.2) is 12.5 Å². The third-order valence-corrected chi connectivity index (χ3v) is 8.51. The van der Waals surface area contributed by atoms with Crippen LogP contribution in [0.15, 0.2) is 0 Å². The highest BCUT2D eigenvalue weighted by molar-refractivity contribution is 5.77. The van der Waals surface area contributed by atoms with Gasteiger partial charge >= 0.3 is 0 Å². The standard InChI is InChI=1S/C30H57NO11/c1-2-3-4-5-6-7-8-9-10-11-12-13-14-15-16-17-22(36)31(29-25(39)23(37)27(41-29)20(34)18-32)30-26(40)24(38)28(42-30)21(35)19-33/h20-21,23-30,32-35,37-40H,2-19H2,1H3/t20-,21-,23-,24-,25+,26+,27-,28-,29+,30+/m1/s1. The SMILES string of the molecule is CCCCCCCCCCCCCCCCCC(=O)N([C@H]1O[C@H]([C@H](O)CO)[C@H](O)[C@@H]1O)[C@H]1O[C@H]([C@H](O)CO)[C@H](O)[C@@H]1O. The van der Waals surface area contributed by atoms with Crippen LogP contribution in [0.25, 0.3) is 0 Å². The van der Waals surface area contributed by atoms with E-state index in [1.54, 1.807) is 0 Å². The first-order valence-corrected chi connectivity index (χ1v) is 16.1. The van der Waals surface area contributed by atoms with Crippen LogP contribution in [0.5, 0.6) is 0 Å². The highest BCUT2D eigenvalue weighted by atomic mass is 16.6. The molecule has 0 radical (unpaired) electrons. The van der Waals surface area contributed by atoms with Crippen LogP contribution >= 0.6 is 0 Å². The first-order valence-electron chi connectivity index (χ1n) is 16.1. The minimum Gasteiger partial charge on any atom is -0.394 e. The summed E-state index contributed by atoms with van der Waals surface area (Å²) >= 11 is 0. The fourth-order valence-corrected chi connectivity index (χ4v) is 5.88. The molecule has 0 bridgehead atoms. The Hall–Kier alpha value is -0.930. The lowest BCUT2D eigenvalue weighted by Gasteiger charge is -2.36. The number of aliphatic hydroxyl groups excluding tert-OH is 8. The van der Waals surface area contributed by atoms with Gasteiger partial charge in [0.25, 0.3) is 0 Å². The Labute approximate surface area is 250 Å². The average molecular weight is 608 g/mol. The molecular weight excluding hydrogens is 550 g/mol. The molecule has 0 saturated carbocycles. The molecule has 1 amide bonds. The number of aliphatic hydroxyl groups is 8. The van der Waals surface area contributed by atoms with Crippen LogP contribution in [-0.2, 0) is 14.3 Å². The highest BCUT2D eigenvalue weighted by Gasteiger charge is 2.56. The average Bonchev–Trinajstić information content (AvgIpc) is 3.44. The zero-order valence-electron chi connectivity index (χ0n) is 25.3. The van der Waals surface area contributed by atoms with Gasteiger partial charge < -0.3 is 50.3 Å². The van der Waals surface area contributed by atoms with Crippen LogP contribution in [-0.4, -0.2) is 126 Å². The van der Waals surface area contributed by atoms with Gasteiger partial charge in [-0.3, -0.25) is 9.69 Å². The molecule has 0 spiro atoms. The lowest BCUT2D eigenvalue weighted by Crippen LogP contribution is -2.56. The molecule has 10 atom stereocenters. The summed E-state index contributed by atoms with van der Waals surface area (Å²) in [5.41, 5.74) is 0. The fourth-order valence-electron chi connectivity index (χ4n) is 5.88. The van der Waals surface area contributed by atoms with Gasteiger partial charge in [-0.05, 0) is 6.42 Å². The van der Waals surface area contributed by atoms with Gasteiger partial charge in [-0.15, -0.1) is 0 Å². The molecule has 2 heterocycles. The number of nitrogens with zero attached hydrogens (tertiary/aromatic N) is 1. The zero-order chi connectivity index (χ0) is 31.1. The minimum atomic E-state index is -1.71. The van der Waals surface area contributed by atoms with Crippen LogP contribution < -0.4 is 0 Å². The lowest BCUT2D eigenvalue weighted by molar-refractivity contribution is -0.203. The largest absolute Gasteiger partial charge is 0.394 e. The van der Waals surface area contributed by atoms with Crippen molar-refractivity contribution in [3.05, 3.63) is 0 Å². The Bertz CT molecular complexity index is 695. The summed E-state index contributed by atoms with van der Waals surface area (Å²) in [6.07, 6.45) is 1.65. The Balaban J connectivity index is 1.83. The van der Waals surface area contributed by atoms with E-state index in [4.69, 9.17) is 9.47 Å². The first-order chi connectivity index (χ1) is 20.2. The number of carbonyl (C=O) groups is 1. The van der Waals surface area contributed by atoms with Crippen molar-refractivity contribution in [2.45, 2.75) is 171 Å². The number of unbranched alkanes of at least 4 members (excludes halogenated alkanes) is 14. The molecule has 2 fully saturated rings. The molecule has 0 unspecified atom stereocenters. The predicted octanol–water partition coefficient (Wildman–Crippen LogP) is 0.676. The second kappa shape index (κ2) is 20.2. The van der Waals surface area contributed by atoms with Gasteiger partial charge in [0.05, 0.1) is 13.2 Å². The third-order valence-electron chi connectivity index (χ3n) is 8.51. The van der Waals surface area contributed by atoms with Crippen LogP contribution in [0.4, 0.5) is 0 Å². The number of amides is 1. The zero-order valence-corrected chi connectivity index (χ0v) is 25.3. The maximum atomic E-state index is 13.4. The van der Waals surface area contributed by atoms with E-state index in [0.29, 0.717) is 6.42 Å². The van der Waals surface area contributed by atoms with E-state index in [2.05, 4.69) is 6.92 Å². The van der Waals surface area contributed by atoms with Gasteiger partial charge in [0, 0.05) is 6.42 Å². The Morgan fingerprint density at radius 2 is 0.929 bits per heavy atom. The number of carbonyl (C=O) groups excluding carboxylic acids is 1. The number of rotatable bonds is 22. The van der Waals surface area contributed by atoms with Crippen LogP contribution in [0.2, 0.25) is 0 Å². The molecular formula is C30H57NO11. The Morgan fingerprint density at radius 1 is 0.595 bits per heavy atom. The van der Waals surface area contributed by atoms with E-state index in [1.165, 1.54) is 64.2 Å². The van der Waals surface area contributed by atoms with E-state index in [1.807, 2.05) is 0 Å². The van der Waals surface area contributed by atoms with Crippen molar-refractivity contribution in [3.63, 3.8) is 0 Å². The molecule has 0 aromatic rings. The minimum absolute atomic E-state index is 0.00401. The summed E-state index contributed by atoms with van der Waals surface area (Å²) in [5.74, 6) is -0.588. The van der Waals surface area contributed by atoms with Gasteiger partial charge in [-0.25, -0.2) is 0 Å². The van der Waals surface area contributed by atoms with Crippen molar-refractivity contribution in [2.24, 2.45) is 0 Å². The second-order valence-electron chi connectivity index (χ2n) is 11.9. The monoisotopic (exact) mass is 607 g/mol. The van der Waals surface area contributed by atoms with Crippen molar-refractivity contribution in [1.29, 1.82) is 0 Å². The van der Waals surface area contributed by atoms with Crippen LogP contribution in [0.1, 0.15) is 110 Å². The van der Waals surface area contributed by atoms with E-state index in [9.17, 15) is 45.6 Å². The van der Waals surface area contributed by atoms with Gasteiger partial charge in [-0.1, -0.05) is 96.8 Å². The normalized spacial score (nSPS) is 31.0. The molecule has 12 nitrogen and oxygen atoms in total. The predicted molar refractivity (Wildman–Crippen MR) is 154 cm³/mol. The summed E-state index contributed by atoms with van der Waals surface area (Å²) in [4.78, 5) is 14.3. The van der Waals surface area contributed by atoms with Gasteiger partial charge in [-0.2, -0.15) is 0 Å². The molecule has 0 aromatic carbocycles. The van der Waals surface area contributed by atoms with E-state index in [0.717, 1.165) is 30.6 Å². The number of ether oxygens (including phenoxy) is 2. The third kappa shape index (κ3) is 10.9. The van der Waals surface area contributed by atoms with Crippen molar-refractivity contribution in [1.82, 2.24) is 4.90 Å². The van der Waals surface area contributed by atoms with Crippen molar-refractivity contribution < 1.29 is 55.1 Å². The highest BCUT2D eigenvalue weighted by Crippen LogP contribution is 2.34. The van der Waals surface area contributed by atoms with E-state index < -0.39 is 80.4 Å². The lowest BCUT2D eigenvalue weighted by atomic mass is 10.0. The smallest absolute Gasteiger partial charge is 0.226 e. The van der Waals surface area contributed by atoms with Crippen molar-refractivity contribution in [3.8, 4) is 0 Å². The Kier molecular flexibility index (Phi) is 17.9. The molecule has 2 saturated heterocycles. The number of hydrogen-bond donors (Lipinski definition) is 8. The summed E-state index contributed by atoms with van der Waals surface area (Å²) in [5, 5.41) is 80.8. The van der Waals surface area contributed by atoms with Crippen LogP contribution in [0, 0.1) is 0 Å². The molecule has 0 aromatic heterocycles. The Morgan fingerprint density at radius 3 is 1.26 bits per heavy atom. The van der Waals surface area contributed by atoms with E-state index >= 15 is 0 Å². The molecule has 12 heteroatoms. The fraction of sp³-hybridized carbons (Fsp3) is 0.967. The molecule has 2 aliphatic heterocycles. The molecule has 2 aliphatic rings. The van der Waals surface area contributed by atoms with Crippen LogP contribution in [0.3, 0.4) is 0 Å². The van der Waals surface area contributed by atoms with Crippen molar-refractivity contribution in [2.75, 3.05) is 13.2 Å². The maximum absolute atomic E-state index is 13.4. The summed E-state index contributed by atoms with van der Waals surface area (Å²) in [6.45, 7) is 0.705. The molecule has 42 heavy (non-hydrogen) atoms. The second-order valence-corrected chi connectivity index (χ2v) is 11.9. The quantitative estimate of drug-likeness (QED) is 0.0805. The first kappa shape index (κ1) is 37.3. The van der Waals surface area contributed by atoms with Gasteiger partial charge in [0.2, 0.25) is 5.91 Å². The number of hydrogen-bond acceptors (Lipinski definition) is 11. The molecule has 248 valence electrons. The summed E-state index contributed by atoms with van der Waals surface area (Å²) in [6, 6.07) is 0. The molecule has 2 rings (SSSR count). The molecule has 8 N–H and O–H groups in total. The topological polar surface area (TPSA) is 201 Å². The van der Waals surface area contributed by atoms with E-state index in [-0.39, 0.29) is 6.42 Å². The summed E-state index contributed by atoms with van der Waals surface area (Å²) < 4.78 is 11.2. The van der Waals surface area contributed by atoms with Gasteiger partial charge in [0.1, 0.15) is 48.8 Å².